The summed E-state index contributed by atoms with van der Waals surface area (Å²) < 4.78 is 11.4. The van der Waals surface area contributed by atoms with Gasteiger partial charge >= 0.3 is 0 Å². The second-order valence-electron chi connectivity index (χ2n) is 7.31. The van der Waals surface area contributed by atoms with Crippen LogP contribution in [0.3, 0.4) is 0 Å². The number of phenolic OH excluding ortho intramolecular Hbond substituents is 1. The lowest BCUT2D eigenvalue weighted by Crippen LogP contribution is -2.32. The van der Waals surface area contributed by atoms with Crippen molar-refractivity contribution in [1.82, 2.24) is 0 Å². The molecule has 27 heavy (non-hydrogen) atoms. The van der Waals surface area contributed by atoms with E-state index in [9.17, 15) is 5.11 Å². The average molecular weight is 362 g/mol. The molecule has 0 amide bonds. The van der Waals surface area contributed by atoms with Crippen LogP contribution in [0.5, 0.6) is 17.2 Å². The zero-order chi connectivity index (χ0) is 19.0. The van der Waals surface area contributed by atoms with Crippen LogP contribution in [-0.2, 0) is 6.42 Å². The third kappa shape index (κ3) is 3.21. The number of benzene rings is 3. The summed E-state index contributed by atoms with van der Waals surface area (Å²) in [7, 11) is 1.63. The molecule has 0 fully saturated rings. The first kappa shape index (κ1) is 17.3. The molecule has 0 aromatic heterocycles. The average Bonchev–Trinajstić information content (AvgIpc) is 2.67. The minimum Gasteiger partial charge on any atom is -0.507 e. The van der Waals surface area contributed by atoms with Gasteiger partial charge in [-0.05, 0) is 51.0 Å². The predicted octanol–water partition coefficient (Wildman–Crippen LogP) is 6.07. The van der Waals surface area contributed by atoms with Crippen molar-refractivity contribution in [1.29, 1.82) is 0 Å². The maximum Gasteiger partial charge on any atom is 0.155 e. The Bertz CT molecular complexity index is 1020. The summed E-state index contributed by atoms with van der Waals surface area (Å²) in [5.41, 5.74) is 1.86. The minimum absolute atomic E-state index is 0.277. The highest BCUT2D eigenvalue weighted by atomic mass is 16.5. The second kappa shape index (κ2) is 6.58. The van der Waals surface area contributed by atoms with Crippen molar-refractivity contribution in [3.8, 4) is 17.2 Å². The zero-order valence-electron chi connectivity index (χ0n) is 15.7. The molecule has 0 bridgehead atoms. The summed E-state index contributed by atoms with van der Waals surface area (Å²) in [6.45, 7) is 4.10. The fourth-order valence-corrected chi connectivity index (χ4v) is 3.38. The van der Waals surface area contributed by atoms with Gasteiger partial charge < -0.3 is 14.6 Å². The maximum atomic E-state index is 10.8. The zero-order valence-corrected chi connectivity index (χ0v) is 15.7. The molecule has 0 aliphatic carbocycles. The lowest BCUT2D eigenvalue weighted by molar-refractivity contribution is 0.0847. The monoisotopic (exact) mass is 362 g/mol. The highest BCUT2D eigenvalue weighted by Gasteiger charge is 2.32. The van der Waals surface area contributed by atoms with E-state index < -0.39 is 0 Å². The molecule has 0 unspecified atom stereocenters. The number of rotatable bonds is 3. The van der Waals surface area contributed by atoms with E-state index in [0.717, 1.165) is 40.6 Å². The Labute approximate surface area is 158 Å². The van der Waals surface area contributed by atoms with Gasteiger partial charge in [-0.1, -0.05) is 24.3 Å². The molecule has 0 atom stereocenters. The quantitative estimate of drug-likeness (QED) is 0.575. The molecular weight excluding hydrogens is 340 g/mol. The standard InChI is InChI=1S/C22H22N2O3/c1-22(2)13-12-18-20(25)17-7-5-4-6-16(17)19(21(18)27-22)24-23-14-8-10-15(26-3)11-9-14/h4-11,25H,12-13H2,1-3H3. The lowest BCUT2D eigenvalue weighted by atomic mass is 9.91. The van der Waals surface area contributed by atoms with Crippen molar-refractivity contribution in [3.05, 3.63) is 54.1 Å². The van der Waals surface area contributed by atoms with E-state index in [2.05, 4.69) is 10.2 Å². The molecule has 1 N–H and O–H groups in total. The third-order valence-corrected chi connectivity index (χ3v) is 4.91. The Hall–Kier alpha value is -3.08. The van der Waals surface area contributed by atoms with Gasteiger partial charge in [0.15, 0.2) is 5.75 Å². The van der Waals surface area contributed by atoms with Gasteiger partial charge in [0.1, 0.15) is 22.8 Å². The largest absolute Gasteiger partial charge is 0.507 e. The van der Waals surface area contributed by atoms with Gasteiger partial charge in [-0.3, -0.25) is 0 Å². The van der Waals surface area contributed by atoms with Crippen LogP contribution in [0.15, 0.2) is 58.8 Å². The van der Waals surface area contributed by atoms with Crippen LogP contribution in [-0.4, -0.2) is 17.8 Å². The van der Waals surface area contributed by atoms with E-state index in [0.29, 0.717) is 11.4 Å². The Morgan fingerprint density at radius 1 is 1.00 bits per heavy atom. The summed E-state index contributed by atoms with van der Waals surface area (Å²) in [5, 5.41) is 21.3. The van der Waals surface area contributed by atoms with E-state index in [1.165, 1.54) is 0 Å². The molecule has 1 aliphatic rings. The van der Waals surface area contributed by atoms with Crippen molar-refractivity contribution in [2.45, 2.75) is 32.3 Å². The van der Waals surface area contributed by atoms with Crippen molar-refractivity contribution in [3.63, 3.8) is 0 Å². The van der Waals surface area contributed by atoms with Gasteiger partial charge in [-0.25, -0.2) is 0 Å². The molecule has 3 aromatic rings. The Morgan fingerprint density at radius 2 is 1.70 bits per heavy atom. The Morgan fingerprint density at radius 3 is 2.41 bits per heavy atom. The fourth-order valence-electron chi connectivity index (χ4n) is 3.38. The van der Waals surface area contributed by atoms with Crippen molar-refractivity contribution in [2.24, 2.45) is 10.2 Å². The summed E-state index contributed by atoms with van der Waals surface area (Å²) in [6.07, 6.45) is 1.57. The van der Waals surface area contributed by atoms with Gasteiger partial charge in [-0.2, -0.15) is 5.11 Å². The Kier molecular flexibility index (Phi) is 4.22. The molecule has 4 rings (SSSR count). The van der Waals surface area contributed by atoms with Crippen LogP contribution in [0, 0.1) is 0 Å². The minimum atomic E-state index is -0.313. The number of phenols is 1. The number of ether oxygens (including phenoxy) is 2. The first-order valence-electron chi connectivity index (χ1n) is 9.00. The number of aromatic hydroxyl groups is 1. The molecule has 0 radical (unpaired) electrons. The first-order valence-corrected chi connectivity index (χ1v) is 9.00. The van der Waals surface area contributed by atoms with Crippen molar-refractivity contribution >= 4 is 22.1 Å². The number of hydrogen-bond acceptors (Lipinski definition) is 5. The molecule has 3 aromatic carbocycles. The topological polar surface area (TPSA) is 63.4 Å². The van der Waals surface area contributed by atoms with E-state index in [1.807, 2.05) is 62.4 Å². The van der Waals surface area contributed by atoms with Gasteiger partial charge in [0.25, 0.3) is 0 Å². The summed E-state index contributed by atoms with van der Waals surface area (Å²) >= 11 is 0. The lowest BCUT2D eigenvalue weighted by Gasteiger charge is -2.34. The summed E-state index contributed by atoms with van der Waals surface area (Å²) in [5.74, 6) is 1.67. The van der Waals surface area contributed by atoms with Crippen molar-refractivity contribution < 1.29 is 14.6 Å². The van der Waals surface area contributed by atoms with E-state index >= 15 is 0 Å². The van der Waals surface area contributed by atoms with Crippen LogP contribution in [0.4, 0.5) is 11.4 Å². The molecular formula is C22H22N2O3. The fraction of sp³-hybridized carbons (Fsp3) is 0.273. The molecule has 0 saturated carbocycles. The number of fused-ring (bicyclic) bond motifs is 2. The van der Waals surface area contributed by atoms with Crippen LogP contribution in [0.1, 0.15) is 25.8 Å². The van der Waals surface area contributed by atoms with Crippen molar-refractivity contribution in [2.75, 3.05) is 7.11 Å². The molecule has 138 valence electrons. The highest BCUT2D eigenvalue weighted by molar-refractivity contribution is 6.01. The number of methoxy groups -OCH3 is 1. The third-order valence-electron chi connectivity index (χ3n) is 4.91. The molecule has 0 spiro atoms. The smallest absolute Gasteiger partial charge is 0.155 e. The second-order valence-corrected chi connectivity index (χ2v) is 7.31. The highest BCUT2D eigenvalue weighted by Crippen LogP contribution is 2.50. The summed E-state index contributed by atoms with van der Waals surface area (Å²) in [4.78, 5) is 0. The normalized spacial score (nSPS) is 15.5. The Balaban J connectivity index is 1.87. The molecule has 1 heterocycles. The van der Waals surface area contributed by atoms with Crippen LogP contribution >= 0.6 is 0 Å². The van der Waals surface area contributed by atoms with E-state index in [1.54, 1.807) is 7.11 Å². The van der Waals surface area contributed by atoms with Gasteiger partial charge in [0, 0.05) is 16.3 Å². The molecule has 5 heteroatoms. The number of hydrogen-bond donors (Lipinski definition) is 1. The van der Waals surface area contributed by atoms with Crippen LogP contribution in [0.2, 0.25) is 0 Å². The maximum absolute atomic E-state index is 10.8. The summed E-state index contributed by atoms with van der Waals surface area (Å²) in [6, 6.07) is 15.1. The number of nitrogens with zero attached hydrogens (tertiary/aromatic N) is 2. The van der Waals surface area contributed by atoms with Gasteiger partial charge in [0.05, 0.1) is 12.8 Å². The van der Waals surface area contributed by atoms with E-state index in [-0.39, 0.29) is 11.4 Å². The van der Waals surface area contributed by atoms with E-state index in [4.69, 9.17) is 9.47 Å². The van der Waals surface area contributed by atoms with Crippen LogP contribution < -0.4 is 9.47 Å². The predicted molar refractivity (Wildman–Crippen MR) is 106 cm³/mol. The van der Waals surface area contributed by atoms with Gasteiger partial charge in [0.2, 0.25) is 0 Å². The SMILES string of the molecule is COc1ccc(N=Nc2c3c(c(O)c4ccccc24)CCC(C)(C)O3)cc1. The molecule has 0 saturated heterocycles. The molecule has 1 aliphatic heterocycles. The van der Waals surface area contributed by atoms with Gasteiger partial charge in [-0.15, -0.1) is 5.11 Å². The number of azo groups is 1. The molecule has 5 nitrogen and oxygen atoms in total. The first-order chi connectivity index (χ1) is 13.0. The van der Waals surface area contributed by atoms with Crippen LogP contribution in [0.25, 0.3) is 10.8 Å².